The second-order valence-corrected chi connectivity index (χ2v) is 3.92. The highest BCUT2D eigenvalue weighted by Gasteiger charge is 2.63. The smallest absolute Gasteiger partial charge is 0.312 e. The summed E-state index contributed by atoms with van der Waals surface area (Å²) >= 11 is 1.76. The fourth-order valence-electron chi connectivity index (χ4n) is 1.40. The highest BCUT2D eigenvalue weighted by atomic mass is 127. The molecule has 60 valence electrons. The number of carbonyl (C=O) groups is 2. The first-order valence-electron chi connectivity index (χ1n) is 3.38. The average molecular weight is 266 g/mol. The number of imide groups is 1. The zero-order chi connectivity index (χ0) is 8.22. The lowest BCUT2D eigenvalue weighted by Crippen LogP contribution is -2.33. The van der Waals surface area contributed by atoms with E-state index in [-0.39, 0.29) is 11.9 Å². The van der Waals surface area contributed by atoms with Crippen LogP contribution in [0.2, 0.25) is 0 Å². The van der Waals surface area contributed by atoms with E-state index in [9.17, 15) is 9.59 Å². The Morgan fingerprint density at radius 2 is 2.00 bits per heavy atom. The van der Waals surface area contributed by atoms with Crippen molar-refractivity contribution in [2.24, 2.45) is 0 Å². The molecule has 2 fully saturated rings. The van der Waals surface area contributed by atoms with Crippen LogP contribution in [0.5, 0.6) is 0 Å². The summed E-state index contributed by atoms with van der Waals surface area (Å²) in [5.41, 5.74) is -0.432. The Bertz CT molecular complexity index is 249. The number of nitrogens with zero attached hydrogens (tertiary/aromatic N) is 2. The van der Waals surface area contributed by atoms with Crippen LogP contribution in [0.3, 0.4) is 0 Å². The van der Waals surface area contributed by atoms with Crippen molar-refractivity contribution in [3.8, 4) is 0 Å². The largest absolute Gasteiger partial charge is 0.336 e. The van der Waals surface area contributed by atoms with Crippen LogP contribution in [-0.4, -0.2) is 32.5 Å². The Hall–Kier alpha value is -0.330. The lowest BCUT2D eigenvalue weighted by molar-refractivity contribution is -0.125. The molecular weight excluding hydrogens is 259 g/mol. The molecule has 4 nitrogen and oxygen atoms in total. The maximum atomic E-state index is 11.4. The van der Waals surface area contributed by atoms with Crippen LogP contribution < -0.4 is 0 Å². The Morgan fingerprint density at radius 3 is 2.18 bits per heavy atom. The minimum atomic E-state index is -0.432. The summed E-state index contributed by atoms with van der Waals surface area (Å²) in [6.45, 7) is 0. The van der Waals surface area contributed by atoms with E-state index in [1.54, 1.807) is 34.8 Å². The molecule has 1 saturated heterocycles. The van der Waals surface area contributed by atoms with Gasteiger partial charge in [-0.2, -0.15) is 0 Å². The zero-order valence-electron chi connectivity index (χ0n) is 6.00. The number of urea groups is 1. The Morgan fingerprint density at radius 1 is 1.45 bits per heavy atom. The lowest BCUT2D eigenvalue weighted by Gasteiger charge is -2.12. The molecule has 0 unspecified atom stereocenters. The van der Waals surface area contributed by atoms with Gasteiger partial charge in [0.1, 0.15) is 5.54 Å². The third-order valence-corrected chi connectivity index (χ3v) is 3.25. The molecule has 3 amide bonds. The van der Waals surface area contributed by atoms with Gasteiger partial charge >= 0.3 is 6.03 Å². The Kier molecular flexibility index (Phi) is 1.25. The SMILES string of the molecule is CN1C(=O)N(I)C(=O)C12CC2. The van der Waals surface area contributed by atoms with E-state index >= 15 is 0 Å². The molecule has 0 aromatic carbocycles. The summed E-state index contributed by atoms with van der Waals surface area (Å²) in [5.74, 6) is -0.0504. The number of likely N-dealkylation sites (N-methyl/N-ethyl adjacent to an activating group) is 1. The van der Waals surface area contributed by atoms with Gasteiger partial charge in [-0.15, -0.1) is 0 Å². The van der Waals surface area contributed by atoms with Crippen molar-refractivity contribution < 1.29 is 9.59 Å². The maximum Gasteiger partial charge on any atom is 0.336 e. The fraction of sp³-hybridized carbons (Fsp3) is 0.667. The molecule has 11 heavy (non-hydrogen) atoms. The van der Waals surface area contributed by atoms with Crippen LogP contribution in [0.15, 0.2) is 0 Å². The van der Waals surface area contributed by atoms with Crippen molar-refractivity contribution in [1.29, 1.82) is 0 Å². The zero-order valence-corrected chi connectivity index (χ0v) is 8.16. The highest BCUT2D eigenvalue weighted by molar-refractivity contribution is 14.1. The summed E-state index contributed by atoms with van der Waals surface area (Å²) in [6.07, 6.45) is 1.65. The number of rotatable bonds is 0. The van der Waals surface area contributed by atoms with Crippen LogP contribution in [0.1, 0.15) is 12.8 Å². The Labute approximate surface area is 78.0 Å². The third-order valence-electron chi connectivity index (χ3n) is 2.40. The van der Waals surface area contributed by atoms with Crippen molar-refractivity contribution in [1.82, 2.24) is 8.01 Å². The second kappa shape index (κ2) is 1.88. The first-order chi connectivity index (χ1) is 5.09. The molecule has 5 heteroatoms. The molecule has 0 N–H and O–H groups in total. The molecule has 1 heterocycles. The van der Waals surface area contributed by atoms with E-state index in [2.05, 4.69) is 0 Å². The molecule has 0 aromatic rings. The fourth-order valence-corrected chi connectivity index (χ4v) is 2.17. The molecule has 1 aliphatic carbocycles. The monoisotopic (exact) mass is 266 g/mol. The van der Waals surface area contributed by atoms with Crippen LogP contribution in [0.25, 0.3) is 0 Å². The maximum absolute atomic E-state index is 11.4. The number of hydrogen-bond donors (Lipinski definition) is 0. The van der Waals surface area contributed by atoms with Gasteiger partial charge in [0.2, 0.25) is 0 Å². The predicted molar refractivity (Wildman–Crippen MR) is 46.0 cm³/mol. The normalized spacial score (nSPS) is 27.1. The molecule has 1 aliphatic heterocycles. The predicted octanol–water partition coefficient (Wildman–Crippen LogP) is 0.763. The summed E-state index contributed by atoms with van der Waals surface area (Å²) in [6, 6.07) is -0.187. The molecule has 2 rings (SSSR count). The van der Waals surface area contributed by atoms with Gasteiger partial charge in [0.15, 0.2) is 0 Å². The van der Waals surface area contributed by atoms with Crippen molar-refractivity contribution in [2.45, 2.75) is 18.4 Å². The first-order valence-corrected chi connectivity index (χ1v) is 4.34. The molecule has 1 saturated carbocycles. The van der Waals surface area contributed by atoms with Gasteiger partial charge in [-0.25, -0.2) is 7.91 Å². The van der Waals surface area contributed by atoms with Crippen LogP contribution in [0, 0.1) is 0 Å². The second-order valence-electron chi connectivity index (χ2n) is 2.96. The van der Waals surface area contributed by atoms with Gasteiger partial charge in [-0.3, -0.25) is 4.79 Å². The van der Waals surface area contributed by atoms with E-state index in [4.69, 9.17) is 0 Å². The van der Waals surface area contributed by atoms with Crippen molar-refractivity contribution in [2.75, 3.05) is 7.05 Å². The molecule has 1 spiro atoms. The van der Waals surface area contributed by atoms with Crippen LogP contribution >= 0.6 is 22.9 Å². The van der Waals surface area contributed by atoms with E-state index in [1.807, 2.05) is 0 Å². The number of halogens is 1. The topological polar surface area (TPSA) is 40.6 Å². The van der Waals surface area contributed by atoms with E-state index in [0.29, 0.717) is 0 Å². The molecule has 0 atom stereocenters. The summed E-state index contributed by atoms with van der Waals surface area (Å²) < 4.78 is 1.17. The van der Waals surface area contributed by atoms with E-state index in [1.165, 1.54) is 3.11 Å². The van der Waals surface area contributed by atoms with Crippen molar-refractivity contribution in [3.63, 3.8) is 0 Å². The molecule has 0 radical (unpaired) electrons. The lowest BCUT2D eigenvalue weighted by atomic mass is 10.2. The quantitative estimate of drug-likeness (QED) is 0.369. The van der Waals surface area contributed by atoms with Gasteiger partial charge in [-0.1, -0.05) is 0 Å². The van der Waals surface area contributed by atoms with Crippen molar-refractivity contribution >= 4 is 34.8 Å². The van der Waals surface area contributed by atoms with Gasteiger partial charge in [-0.05, 0) is 12.8 Å². The van der Waals surface area contributed by atoms with E-state index < -0.39 is 5.54 Å². The Balaban J connectivity index is 2.39. The summed E-state index contributed by atoms with van der Waals surface area (Å²) in [4.78, 5) is 24.1. The number of amides is 3. The van der Waals surface area contributed by atoms with E-state index in [0.717, 1.165) is 12.8 Å². The van der Waals surface area contributed by atoms with Crippen molar-refractivity contribution in [3.05, 3.63) is 0 Å². The molecule has 0 aromatic heterocycles. The molecule has 0 bridgehead atoms. The standard InChI is InChI=1S/C6H7IN2O2/c1-8-5(11)9(7)4(10)6(8)2-3-6/h2-3H2,1H3. The van der Waals surface area contributed by atoms with Gasteiger partial charge in [0.05, 0.1) is 22.9 Å². The van der Waals surface area contributed by atoms with Crippen LogP contribution in [-0.2, 0) is 4.79 Å². The molecule has 2 aliphatic rings. The highest BCUT2D eigenvalue weighted by Crippen LogP contribution is 2.47. The minimum Gasteiger partial charge on any atom is -0.312 e. The van der Waals surface area contributed by atoms with Gasteiger partial charge in [0.25, 0.3) is 5.91 Å². The summed E-state index contributed by atoms with van der Waals surface area (Å²) in [5, 5.41) is 0. The van der Waals surface area contributed by atoms with Crippen LogP contribution in [0.4, 0.5) is 4.79 Å². The first kappa shape index (κ1) is 7.33. The third kappa shape index (κ3) is 0.692. The molecular formula is C6H7IN2O2. The average Bonchev–Trinajstić information content (AvgIpc) is 2.76. The minimum absolute atomic E-state index is 0.0504. The number of hydrogen-bond acceptors (Lipinski definition) is 2. The van der Waals surface area contributed by atoms with Gasteiger partial charge < -0.3 is 4.90 Å². The van der Waals surface area contributed by atoms with Gasteiger partial charge in [0, 0.05) is 7.05 Å². The number of carbonyl (C=O) groups excluding carboxylic acids is 2. The summed E-state index contributed by atoms with van der Waals surface area (Å²) in [7, 11) is 1.69.